The number of thiophene rings is 1. The van der Waals surface area contributed by atoms with Crippen molar-refractivity contribution in [2.75, 3.05) is 20.2 Å². The van der Waals surface area contributed by atoms with Crippen LogP contribution in [-0.2, 0) is 17.7 Å². The lowest BCUT2D eigenvalue weighted by Gasteiger charge is -2.22. The number of likely N-dealkylation sites (N-methyl/N-ethyl adjacent to an activating group) is 1. The molecule has 0 saturated heterocycles. The number of carbonyl (C=O) groups excluding carboxylic acids is 1. The molecule has 2 heterocycles. The van der Waals surface area contributed by atoms with E-state index in [0.717, 1.165) is 30.0 Å². The average molecular weight is 413 g/mol. The summed E-state index contributed by atoms with van der Waals surface area (Å²) in [5.74, 6) is -0.464. The van der Waals surface area contributed by atoms with Crippen molar-refractivity contribution in [3.8, 4) is 5.75 Å². The molecule has 0 bridgehead atoms. The van der Waals surface area contributed by atoms with Gasteiger partial charge in [0.2, 0.25) is 0 Å². The Balaban J connectivity index is 2.03. The number of ether oxygens (including phenoxy) is 1. The maximum atomic E-state index is 12.5. The van der Waals surface area contributed by atoms with E-state index in [-0.39, 0.29) is 16.7 Å². The lowest BCUT2D eigenvalue weighted by molar-refractivity contribution is 0.0526. The van der Waals surface area contributed by atoms with E-state index in [1.165, 1.54) is 23.6 Å². The Labute approximate surface area is 165 Å². The van der Waals surface area contributed by atoms with Gasteiger partial charge in [0.1, 0.15) is 10.8 Å². The second-order valence-electron chi connectivity index (χ2n) is 5.98. The highest BCUT2D eigenvalue weighted by Gasteiger charge is 2.27. The van der Waals surface area contributed by atoms with Crippen LogP contribution in [0.5, 0.6) is 5.75 Å². The lowest BCUT2D eigenvalue weighted by atomic mass is 10.0. The monoisotopic (exact) mass is 412 g/mol. The van der Waals surface area contributed by atoms with Crippen LogP contribution in [0.3, 0.4) is 0 Å². The van der Waals surface area contributed by atoms with E-state index in [1.807, 2.05) is 7.05 Å². The molecule has 1 N–H and O–H groups in total. The van der Waals surface area contributed by atoms with Crippen molar-refractivity contribution in [1.82, 2.24) is 4.90 Å². The molecule has 0 saturated carbocycles. The van der Waals surface area contributed by atoms with Gasteiger partial charge in [0, 0.05) is 34.8 Å². The molecule has 1 aliphatic rings. The van der Waals surface area contributed by atoms with E-state index in [1.54, 1.807) is 13.0 Å². The lowest BCUT2D eigenvalue weighted by Crippen LogP contribution is -2.26. The second kappa shape index (κ2) is 7.96. The molecule has 0 spiro atoms. The van der Waals surface area contributed by atoms with Crippen molar-refractivity contribution in [2.24, 2.45) is 4.99 Å². The summed E-state index contributed by atoms with van der Waals surface area (Å²) in [5.41, 5.74) is 1.91. The van der Waals surface area contributed by atoms with Crippen LogP contribution in [0.25, 0.3) is 0 Å². The Bertz CT molecular complexity index is 880. The van der Waals surface area contributed by atoms with Crippen molar-refractivity contribution >= 4 is 51.7 Å². The number of fused-ring (bicyclic) bond motifs is 1. The molecule has 0 aliphatic carbocycles. The van der Waals surface area contributed by atoms with Gasteiger partial charge in [0.05, 0.1) is 17.2 Å². The van der Waals surface area contributed by atoms with Crippen molar-refractivity contribution in [1.29, 1.82) is 0 Å². The van der Waals surface area contributed by atoms with Crippen LogP contribution < -0.4 is 0 Å². The zero-order valence-electron chi connectivity index (χ0n) is 14.4. The van der Waals surface area contributed by atoms with Crippen molar-refractivity contribution in [3.05, 3.63) is 43.7 Å². The maximum Gasteiger partial charge on any atom is 0.341 e. The highest BCUT2D eigenvalue weighted by molar-refractivity contribution is 7.16. The molecule has 5 nitrogen and oxygen atoms in total. The normalized spacial score (nSPS) is 14.6. The smallest absolute Gasteiger partial charge is 0.341 e. The van der Waals surface area contributed by atoms with Gasteiger partial charge in [-0.2, -0.15) is 0 Å². The number of aromatic hydroxyl groups is 1. The first-order valence-electron chi connectivity index (χ1n) is 8.13. The van der Waals surface area contributed by atoms with Crippen LogP contribution >= 0.6 is 34.5 Å². The van der Waals surface area contributed by atoms with E-state index in [0.29, 0.717) is 27.8 Å². The highest BCUT2D eigenvalue weighted by atomic mass is 35.5. The Morgan fingerprint density at radius 2 is 2.23 bits per heavy atom. The van der Waals surface area contributed by atoms with Gasteiger partial charge in [0.25, 0.3) is 0 Å². The number of nitrogens with zero attached hydrogens (tertiary/aromatic N) is 2. The molecule has 1 aliphatic heterocycles. The third kappa shape index (κ3) is 3.88. The Hall–Kier alpha value is -1.60. The summed E-state index contributed by atoms with van der Waals surface area (Å²) in [5, 5.41) is 11.2. The number of phenolic OH excluding ortho intramolecular Hbond substituents is 1. The molecule has 138 valence electrons. The van der Waals surface area contributed by atoms with E-state index < -0.39 is 0 Å². The number of rotatable bonds is 4. The van der Waals surface area contributed by atoms with E-state index in [2.05, 4.69) is 9.89 Å². The molecule has 0 radical (unpaired) electrons. The second-order valence-corrected chi connectivity index (χ2v) is 7.90. The van der Waals surface area contributed by atoms with Crippen molar-refractivity contribution in [3.63, 3.8) is 0 Å². The van der Waals surface area contributed by atoms with Gasteiger partial charge in [-0.3, -0.25) is 0 Å². The minimum atomic E-state index is -0.366. The minimum Gasteiger partial charge on any atom is -0.506 e. The molecule has 0 amide bonds. The zero-order chi connectivity index (χ0) is 18.8. The summed E-state index contributed by atoms with van der Waals surface area (Å²) in [6.45, 7) is 3.73. The Morgan fingerprint density at radius 1 is 1.46 bits per heavy atom. The number of carbonyl (C=O) groups is 1. The number of phenols is 1. The first-order chi connectivity index (χ1) is 12.4. The Kier molecular flexibility index (Phi) is 5.87. The van der Waals surface area contributed by atoms with Crippen LogP contribution in [0.15, 0.2) is 17.1 Å². The van der Waals surface area contributed by atoms with E-state index in [9.17, 15) is 9.90 Å². The minimum absolute atomic E-state index is 0.0986. The standard InChI is InChI=1S/C18H18Cl2N2O3S/c1-3-25-18(24)15-12-4-5-22(2)9-14(12)26-17(15)21-8-10-6-11(19)7-13(20)16(10)23/h6-8,23H,3-5,9H2,1-2H3/b21-8+. The fraction of sp³-hybridized carbons (Fsp3) is 0.333. The molecule has 26 heavy (non-hydrogen) atoms. The summed E-state index contributed by atoms with van der Waals surface area (Å²) in [6.07, 6.45) is 2.25. The predicted molar refractivity (Wildman–Crippen MR) is 106 cm³/mol. The highest BCUT2D eigenvalue weighted by Crippen LogP contribution is 2.39. The number of aliphatic imine (C=N–C) groups is 1. The Morgan fingerprint density at radius 3 is 2.96 bits per heavy atom. The summed E-state index contributed by atoms with van der Waals surface area (Å²) < 4.78 is 5.22. The van der Waals surface area contributed by atoms with Crippen LogP contribution in [0.2, 0.25) is 10.0 Å². The van der Waals surface area contributed by atoms with E-state index in [4.69, 9.17) is 27.9 Å². The van der Waals surface area contributed by atoms with Crippen molar-refractivity contribution in [2.45, 2.75) is 19.9 Å². The average Bonchev–Trinajstić information content (AvgIpc) is 2.94. The molecule has 1 aromatic heterocycles. The van der Waals surface area contributed by atoms with Crippen LogP contribution in [0, 0.1) is 0 Å². The van der Waals surface area contributed by atoms with Crippen molar-refractivity contribution < 1.29 is 14.6 Å². The van der Waals surface area contributed by atoms with Gasteiger partial charge >= 0.3 is 5.97 Å². The zero-order valence-corrected chi connectivity index (χ0v) is 16.7. The van der Waals surface area contributed by atoms with Gasteiger partial charge in [-0.15, -0.1) is 11.3 Å². The molecule has 0 unspecified atom stereocenters. The van der Waals surface area contributed by atoms with Crippen LogP contribution in [0.1, 0.15) is 33.3 Å². The third-order valence-corrected chi connectivity index (χ3v) is 5.72. The molecular weight excluding hydrogens is 395 g/mol. The molecule has 1 aromatic carbocycles. The molecule has 2 aromatic rings. The van der Waals surface area contributed by atoms with Gasteiger partial charge in [-0.1, -0.05) is 23.2 Å². The molecular formula is C18H18Cl2N2O3S. The largest absolute Gasteiger partial charge is 0.506 e. The van der Waals surface area contributed by atoms with Gasteiger partial charge in [-0.05, 0) is 38.1 Å². The SMILES string of the molecule is CCOC(=O)c1c(/N=C/c2cc(Cl)cc(Cl)c2O)sc2c1CCN(C)C2. The summed E-state index contributed by atoms with van der Waals surface area (Å²) in [7, 11) is 2.04. The first-order valence-corrected chi connectivity index (χ1v) is 9.70. The number of hydrogen-bond donors (Lipinski definition) is 1. The summed E-state index contributed by atoms with van der Waals surface area (Å²) >= 11 is 13.4. The summed E-state index contributed by atoms with van der Waals surface area (Å²) in [4.78, 5) is 20.2. The number of esters is 1. The van der Waals surface area contributed by atoms with Crippen LogP contribution in [0.4, 0.5) is 5.00 Å². The number of hydrogen-bond acceptors (Lipinski definition) is 6. The van der Waals surface area contributed by atoms with E-state index >= 15 is 0 Å². The molecule has 0 fully saturated rings. The van der Waals surface area contributed by atoms with Gasteiger partial charge in [0.15, 0.2) is 0 Å². The molecule has 8 heteroatoms. The topological polar surface area (TPSA) is 62.1 Å². The first kappa shape index (κ1) is 19.2. The van der Waals surface area contributed by atoms with Gasteiger partial charge in [-0.25, -0.2) is 9.79 Å². The fourth-order valence-electron chi connectivity index (χ4n) is 2.83. The summed E-state index contributed by atoms with van der Waals surface area (Å²) in [6, 6.07) is 3.02. The number of benzene rings is 1. The number of halogens is 2. The third-order valence-electron chi connectivity index (χ3n) is 4.09. The van der Waals surface area contributed by atoms with Crippen LogP contribution in [-0.4, -0.2) is 42.4 Å². The molecule has 0 atom stereocenters. The fourth-order valence-corrected chi connectivity index (χ4v) is 4.60. The maximum absolute atomic E-state index is 12.5. The predicted octanol–water partition coefficient (Wildman–Crippen LogP) is 4.68. The van der Waals surface area contributed by atoms with Gasteiger partial charge < -0.3 is 14.7 Å². The quantitative estimate of drug-likeness (QED) is 0.584. The molecule has 3 rings (SSSR count).